The third-order valence-electron chi connectivity index (χ3n) is 14.4. The Morgan fingerprint density at radius 1 is 0.400 bits per heavy atom. The van der Waals surface area contributed by atoms with E-state index < -0.39 is 12.1 Å². The lowest BCUT2D eigenvalue weighted by Crippen LogP contribution is -2.45. The van der Waals surface area contributed by atoms with E-state index in [1.807, 2.05) is 0 Å². The third kappa shape index (κ3) is 55.4. The van der Waals surface area contributed by atoms with Crippen molar-refractivity contribution in [3.63, 3.8) is 0 Å². The molecule has 0 aromatic heterocycles. The molecule has 0 rings (SSSR count). The molecule has 412 valence electrons. The van der Waals surface area contributed by atoms with Gasteiger partial charge in [0.15, 0.2) is 0 Å². The van der Waals surface area contributed by atoms with Gasteiger partial charge in [0, 0.05) is 12.8 Å². The first-order chi connectivity index (χ1) is 34.5. The number of esters is 1. The van der Waals surface area contributed by atoms with Crippen molar-refractivity contribution in [3.8, 4) is 0 Å². The van der Waals surface area contributed by atoms with E-state index in [4.69, 9.17) is 4.74 Å². The molecule has 0 radical (unpaired) electrons. The molecule has 6 nitrogen and oxygen atoms in total. The Kier molecular flexibility index (Phi) is 58.0. The summed E-state index contributed by atoms with van der Waals surface area (Å²) in [4.78, 5) is 24.5. The number of unbranched alkanes of at least 4 members (excludes halogenated alkanes) is 41. The van der Waals surface area contributed by atoms with Crippen LogP contribution < -0.4 is 5.32 Å². The van der Waals surface area contributed by atoms with Gasteiger partial charge in [-0.2, -0.15) is 0 Å². The van der Waals surface area contributed by atoms with Gasteiger partial charge in [0.2, 0.25) is 5.91 Å². The Labute approximate surface area is 436 Å². The van der Waals surface area contributed by atoms with E-state index in [2.05, 4.69) is 55.6 Å². The van der Waals surface area contributed by atoms with Crippen LogP contribution in [0, 0.1) is 0 Å². The van der Waals surface area contributed by atoms with Gasteiger partial charge >= 0.3 is 5.97 Å². The minimum Gasteiger partial charge on any atom is -0.465 e. The molecule has 0 heterocycles. The highest BCUT2D eigenvalue weighted by molar-refractivity contribution is 5.76. The molecular weight excluding hydrogens is 863 g/mol. The van der Waals surface area contributed by atoms with Crippen LogP contribution in [0.2, 0.25) is 0 Å². The molecule has 0 aliphatic rings. The van der Waals surface area contributed by atoms with Crippen LogP contribution in [0.1, 0.15) is 335 Å². The van der Waals surface area contributed by atoms with Gasteiger partial charge in [0.25, 0.3) is 0 Å². The van der Waals surface area contributed by atoms with Crippen molar-refractivity contribution in [2.45, 2.75) is 347 Å². The van der Waals surface area contributed by atoms with Crippen LogP contribution in [-0.4, -0.2) is 47.4 Å². The smallest absolute Gasteiger partial charge is 0.305 e. The van der Waals surface area contributed by atoms with Gasteiger partial charge in [-0.1, -0.05) is 288 Å². The monoisotopic (exact) mass is 984 g/mol. The molecule has 0 aromatic rings. The molecule has 0 bridgehead atoms. The van der Waals surface area contributed by atoms with Gasteiger partial charge in [-0.15, -0.1) is 0 Å². The summed E-state index contributed by atoms with van der Waals surface area (Å²) in [7, 11) is 0. The maximum atomic E-state index is 12.5. The summed E-state index contributed by atoms with van der Waals surface area (Å²) in [5.74, 6) is -0.0807. The molecule has 0 spiro atoms. The van der Waals surface area contributed by atoms with Crippen molar-refractivity contribution in [1.82, 2.24) is 5.32 Å². The number of hydrogen-bond donors (Lipinski definition) is 3. The van der Waals surface area contributed by atoms with Crippen molar-refractivity contribution in [2.75, 3.05) is 13.2 Å². The molecule has 6 heteroatoms. The second kappa shape index (κ2) is 59.6. The predicted octanol–water partition coefficient (Wildman–Crippen LogP) is 19.6. The Morgan fingerprint density at radius 2 is 0.714 bits per heavy atom. The average molecular weight is 985 g/mol. The topological polar surface area (TPSA) is 95.9 Å². The van der Waals surface area contributed by atoms with Gasteiger partial charge in [-0.25, -0.2) is 0 Å². The van der Waals surface area contributed by atoms with E-state index in [1.165, 1.54) is 250 Å². The predicted molar refractivity (Wildman–Crippen MR) is 306 cm³/mol. The van der Waals surface area contributed by atoms with Crippen LogP contribution in [0.15, 0.2) is 36.5 Å². The number of allylic oxidation sites excluding steroid dienone is 5. The number of amides is 1. The van der Waals surface area contributed by atoms with Crippen LogP contribution >= 0.6 is 0 Å². The molecular formula is C64H121NO5. The van der Waals surface area contributed by atoms with Crippen LogP contribution in [0.25, 0.3) is 0 Å². The molecule has 0 aromatic carbocycles. The lowest BCUT2D eigenvalue weighted by Gasteiger charge is -2.22. The Hall–Kier alpha value is -1.92. The molecule has 0 aliphatic carbocycles. The zero-order valence-corrected chi connectivity index (χ0v) is 47.0. The van der Waals surface area contributed by atoms with E-state index in [0.717, 1.165) is 51.4 Å². The third-order valence-corrected chi connectivity index (χ3v) is 14.4. The number of hydrogen-bond acceptors (Lipinski definition) is 5. The summed E-state index contributed by atoms with van der Waals surface area (Å²) in [6, 6.07) is -0.546. The summed E-state index contributed by atoms with van der Waals surface area (Å²) >= 11 is 0. The SMILES string of the molecule is CCCCCCCC/C=C\CCCCCCCC(=O)OCC/C=C\C/C=C\CCCCCCCCCCCCCCCCC(=O)NC(CO)C(O)CCCCCCCCCCCCCCCCCCC. The number of ether oxygens (including phenoxy) is 1. The number of nitrogens with one attached hydrogen (secondary N) is 1. The van der Waals surface area contributed by atoms with Crippen LogP contribution in [0.5, 0.6) is 0 Å². The lowest BCUT2D eigenvalue weighted by atomic mass is 10.0. The molecule has 0 saturated carbocycles. The largest absolute Gasteiger partial charge is 0.465 e. The quantitative estimate of drug-likeness (QED) is 0.0321. The van der Waals surface area contributed by atoms with Crippen LogP contribution in [0.4, 0.5) is 0 Å². The second-order valence-corrected chi connectivity index (χ2v) is 21.4. The summed E-state index contributed by atoms with van der Waals surface area (Å²) in [5, 5.41) is 23.3. The highest BCUT2D eigenvalue weighted by Gasteiger charge is 2.20. The van der Waals surface area contributed by atoms with Crippen LogP contribution in [0.3, 0.4) is 0 Å². The summed E-state index contributed by atoms with van der Waals surface area (Å²) < 4.78 is 5.41. The summed E-state index contributed by atoms with van der Waals surface area (Å²) in [6.45, 7) is 4.85. The lowest BCUT2D eigenvalue weighted by molar-refractivity contribution is -0.143. The second-order valence-electron chi connectivity index (χ2n) is 21.4. The zero-order chi connectivity index (χ0) is 50.7. The van der Waals surface area contributed by atoms with Gasteiger partial charge in [0.1, 0.15) is 0 Å². The first-order valence-electron chi connectivity index (χ1n) is 31.2. The maximum absolute atomic E-state index is 12.5. The van der Waals surface area contributed by atoms with Gasteiger partial charge in [0.05, 0.1) is 25.4 Å². The Balaban J connectivity index is 3.45. The average Bonchev–Trinajstić information content (AvgIpc) is 3.36. The van der Waals surface area contributed by atoms with Gasteiger partial charge < -0.3 is 20.3 Å². The fraction of sp³-hybridized carbons (Fsp3) is 0.875. The van der Waals surface area contributed by atoms with E-state index >= 15 is 0 Å². The van der Waals surface area contributed by atoms with Gasteiger partial charge in [-0.3, -0.25) is 9.59 Å². The standard InChI is InChI=1S/C64H121NO5/c1-3-5-7-9-11-13-15-17-19-25-29-32-36-40-44-48-52-56-62(67)61(60-66)65-63(68)57-53-49-45-41-37-33-30-26-23-21-20-22-24-27-31-35-39-43-47-51-55-59-70-64(69)58-54-50-46-42-38-34-28-18-16-14-12-10-8-6-4-2/h18,28,35,39,47,51,61-62,66-67H,3-17,19-27,29-34,36-38,40-46,48-50,52-60H2,1-2H3,(H,65,68)/b28-18-,39-35-,51-47-. The number of carbonyl (C=O) groups excluding carboxylic acids is 2. The highest BCUT2D eigenvalue weighted by atomic mass is 16.5. The van der Waals surface area contributed by atoms with E-state index in [-0.39, 0.29) is 18.5 Å². The molecule has 0 fully saturated rings. The maximum Gasteiger partial charge on any atom is 0.305 e. The molecule has 70 heavy (non-hydrogen) atoms. The number of rotatable bonds is 58. The number of aliphatic hydroxyl groups excluding tert-OH is 2. The number of aliphatic hydroxyl groups is 2. The molecule has 0 aliphatic heterocycles. The summed E-state index contributed by atoms with van der Waals surface area (Å²) in [6.07, 6.45) is 74.5. The molecule has 3 N–H and O–H groups in total. The van der Waals surface area contributed by atoms with E-state index in [9.17, 15) is 19.8 Å². The first-order valence-corrected chi connectivity index (χ1v) is 31.2. The Bertz CT molecular complexity index is 1130. The van der Waals surface area contributed by atoms with Crippen molar-refractivity contribution in [2.24, 2.45) is 0 Å². The Morgan fingerprint density at radius 3 is 1.10 bits per heavy atom. The fourth-order valence-electron chi connectivity index (χ4n) is 9.65. The molecule has 2 unspecified atom stereocenters. The zero-order valence-electron chi connectivity index (χ0n) is 47.0. The minimum atomic E-state index is -0.668. The first kappa shape index (κ1) is 68.1. The molecule has 2 atom stereocenters. The van der Waals surface area contributed by atoms with Gasteiger partial charge in [-0.05, 0) is 70.6 Å². The van der Waals surface area contributed by atoms with Crippen molar-refractivity contribution in [1.29, 1.82) is 0 Å². The fourth-order valence-corrected chi connectivity index (χ4v) is 9.65. The summed E-state index contributed by atoms with van der Waals surface area (Å²) in [5.41, 5.74) is 0. The van der Waals surface area contributed by atoms with E-state index in [1.54, 1.807) is 0 Å². The van der Waals surface area contributed by atoms with Crippen molar-refractivity contribution in [3.05, 3.63) is 36.5 Å². The van der Waals surface area contributed by atoms with Crippen LogP contribution in [-0.2, 0) is 14.3 Å². The normalized spacial score (nSPS) is 12.8. The number of carbonyl (C=O) groups is 2. The minimum absolute atomic E-state index is 0.0378. The van der Waals surface area contributed by atoms with E-state index in [0.29, 0.717) is 25.9 Å². The van der Waals surface area contributed by atoms with Crippen molar-refractivity contribution >= 4 is 11.9 Å². The highest BCUT2D eigenvalue weighted by Crippen LogP contribution is 2.18. The molecule has 0 saturated heterocycles. The van der Waals surface area contributed by atoms with Crippen molar-refractivity contribution < 1.29 is 24.5 Å². The molecule has 1 amide bonds.